The Morgan fingerprint density at radius 2 is 1.73 bits per heavy atom. The first-order valence-electron chi connectivity index (χ1n) is 12.3. The Hall–Kier alpha value is -4.59. The zero-order valence-corrected chi connectivity index (χ0v) is 20.7. The van der Waals surface area contributed by atoms with Gasteiger partial charge in [-0.1, -0.05) is 54.6 Å². The van der Waals surface area contributed by atoms with Crippen LogP contribution in [0, 0.1) is 6.92 Å². The molecule has 1 unspecified atom stereocenters. The van der Waals surface area contributed by atoms with Crippen molar-refractivity contribution in [2.75, 3.05) is 23.8 Å². The third-order valence-corrected chi connectivity index (χ3v) is 6.61. The summed E-state index contributed by atoms with van der Waals surface area (Å²) in [4.78, 5) is 18.6. The molecule has 8 heteroatoms. The molecule has 0 saturated heterocycles. The summed E-state index contributed by atoms with van der Waals surface area (Å²) in [5.41, 5.74) is 4.76. The summed E-state index contributed by atoms with van der Waals surface area (Å²) in [6.45, 7) is 5.05. The van der Waals surface area contributed by atoms with Gasteiger partial charge in [-0.3, -0.25) is 4.79 Å². The van der Waals surface area contributed by atoms with Gasteiger partial charge in [-0.2, -0.15) is 4.98 Å². The molecular formula is C29H27N5O3. The van der Waals surface area contributed by atoms with Gasteiger partial charge in [-0.25, -0.2) is 4.68 Å². The summed E-state index contributed by atoms with van der Waals surface area (Å²) >= 11 is 0. The van der Waals surface area contributed by atoms with Crippen molar-refractivity contribution < 1.29 is 14.3 Å². The lowest BCUT2D eigenvalue weighted by Gasteiger charge is -2.29. The smallest absolute Gasteiger partial charge is 0.255 e. The molecule has 2 N–H and O–H groups in total. The number of benzene rings is 3. The Bertz CT molecular complexity index is 1510. The van der Waals surface area contributed by atoms with Crippen molar-refractivity contribution in [2.45, 2.75) is 26.3 Å². The Kier molecular flexibility index (Phi) is 5.84. The Labute approximate surface area is 215 Å². The number of para-hydroxylation sites is 1. The number of aryl methyl sites for hydroxylation is 1. The lowest BCUT2D eigenvalue weighted by atomic mass is 9.94. The minimum Gasteiger partial charge on any atom is -0.490 e. The minimum absolute atomic E-state index is 0.209. The van der Waals surface area contributed by atoms with Crippen LogP contribution in [0.15, 0.2) is 84.1 Å². The van der Waals surface area contributed by atoms with Crippen LogP contribution in [-0.4, -0.2) is 33.9 Å². The normalized spacial score (nSPS) is 16.4. The number of hydrogen-bond acceptors (Lipinski definition) is 6. The first-order valence-corrected chi connectivity index (χ1v) is 12.3. The highest BCUT2D eigenvalue weighted by Gasteiger charge is 2.35. The largest absolute Gasteiger partial charge is 0.490 e. The van der Waals surface area contributed by atoms with Crippen LogP contribution in [0.1, 0.15) is 30.5 Å². The van der Waals surface area contributed by atoms with Crippen molar-refractivity contribution in [1.82, 2.24) is 14.8 Å². The van der Waals surface area contributed by atoms with Crippen molar-refractivity contribution >= 4 is 17.5 Å². The van der Waals surface area contributed by atoms with Crippen LogP contribution >= 0.6 is 0 Å². The quantitative estimate of drug-likeness (QED) is 0.399. The van der Waals surface area contributed by atoms with Crippen molar-refractivity contribution in [3.8, 4) is 22.9 Å². The molecule has 1 amide bonds. The number of aromatic nitrogens is 3. The lowest BCUT2D eigenvalue weighted by Crippen LogP contribution is -2.31. The van der Waals surface area contributed by atoms with Gasteiger partial charge in [0.1, 0.15) is 6.04 Å². The van der Waals surface area contributed by atoms with Gasteiger partial charge in [0.05, 0.1) is 18.8 Å². The zero-order valence-electron chi connectivity index (χ0n) is 20.7. The maximum atomic E-state index is 13.8. The average Bonchev–Trinajstić information content (AvgIpc) is 3.19. The number of anilines is 2. The molecule has 0 radical (unpaired) electrons. The number of carbonyl (C=O) groups is 1. The third kappa shape index (κ3) is 4.31. The Morgan fingerprint density at radius 3 is 2.54 bits per heavy atom. The summed E-state index contributed by atoms with van der Waals surface area (Å²) in [6.07, 6.45) is 0.814. The Balaban J connectivity index is 1.46. The number of fused-ring (bicyclic) bond motifs is 2. The van der Waals surface area contributed by atoms with Crippen LogP contribution in [0.5, 0.6) is 11.5 Å². The molecule has 4 aromatic rings. The van der Waals surface area contributed by atoms with Crippen molar-refractivity contribution in [1.29, 1.82) is 0 Å². The molecule has 2 aliphatic rings. The van der Waals surface area contributed by atoms with Gasteiger partial charge in [0, 0.05) is 23.4 Å². The molecule has 0 fully saturated rings. The number of ether oxygens (including phenoxy) is 2. The second kappa shape index (κ2) is 9.46. The highest BCUT2D eigenvalue weighted by atomic mass is 16.5. The van der Waals surface area contributed by atoms with E-state index < -0.39 is 6.04 Å². The molecule has 1 atom stereocenters. The minimum atomic E-state index is -0.526. The molecule has 1 aromatic heterocycles. The van der Waals surface area contributed by atoms with E-state index in [0.717, 1.165) is 28.8 Å². The third-order valence-electron chi connectivity index (χ3n) is 6.61. The lowest BCUT2D eigenvalue weighted by molar-refractivity contribution is -0.113. The van der Waals surface area contributed by atoms with Crippen molar-refractivity contribution in [2.24, 2.45) is 0 Å². The van der Waals surface area contributed by atoms with Crippen LogP contribution in [0.2, 0.25) is 0 Å². The molecule has 3 aromatic carbocycles. The topological polar surface area (TPSA) is 90.3 Å². The standard InChI is InChI=1S/C29H27N5O3/c1-18-9-6-7-12-22(18)31-28(35)25-19(2)30-29-32-27(20-10-4-3-5-11-20)33-34(29)26(25)21-13-14-23-24(17-21)37-16-8-15-36-23/h3-7,9-14,17,26H,8,15-16H2,1-2H3,(H,31,35)(H,30,32,33). The zero-order chi connectivity index (χ0) is 25.4. The van der Waals surface area contributed by atoms with Crippen LogP contribution in [0.3, 0.4) is 0 Å². The fourth-order valence-electron chi connectivity index (χ4n) is 4.72. The number of carbonyl (C=O) groups excluding carboxylic acids is 1. The van der Waals surface area contributed by atoms with E-state index in [-0.39, 0.29) is 5.91 Å². The maximum absolute atomic E-state index is 13.8. The second-order valence-electron chi connectivity index (χ2n) is 9.16. The summed E-state index contributed by atoms with van der Waals surface area (Å²) in [7, 11) is 0. The van der Waals surface area contributed by atoms with E-state index in [4.69, 9.17) is 19.6 Å². The van der Waals surface area contributed by atoms with Gasteiger partial charge < -0.3 is 20.1 Å². The maximum Gasteiger partial charge on any atom is 0.255 e. The first-order chi connectivity index (χ1) is 18.1. The van der Waals surface area contributed by atoms with Gasteiger partial charge in [0.15, 0.2) is 17.3 Å². The summed E-state index contributed by atoms with van der Waals surface area (Å²) < 4.78 is 13.6. The van der Waals surface area contributed by atoms with Gasteiger partial charge >= 0.3 is 0 Å². The van der Waals surface area contributed by atoms with Crippen molar-refractivity contribution in [3.63, 3.8) is 0 Å². The van der Waals surface area contributed by atoms with Gasteiger partial charge in [0.25, 0.3) is 5.91 Å². The van der Waals surface area contributed by atoms with Crippen LogP contribution in [-0.2, 0) is 4.79 Å². The first kappa shape index (κ1) is 22.8. The molecule has 0 saturated carbocycles. The van der Waals surface area contributed by atoms with Crippen LogP contribution in [0.25, 0.3) is 11.4 Å². The van der Waals surface area contributed by atoms with Crippen LogP contribution < -0.4 is 20.1 Å². The molecular weight excluding hydrogens is 466 g/mol. The Morgan fingerprint density at radius 1 is 0.973 bits per heavy atom. The van der Waals surface area contributed by atoms with E-state index >= 15 is 0 Å². The van der Waals surface area contributed by atoms with Gasteiger partial charge in [-0.15, -0.1) is 5.10 Å². The average molecular weight is 494 g/mol. The highest BCUT2D eigenvalue weighted by Crippen LogP contribution is 2.40. The molecule has 0 spiro atoms. The monoisotopic (exact) mass is 493 g/mol. The van der Waals surface area contributed by atoms with E-state index in [1.165, 1.54) is 0 Å². The predicted molar refractivity (Wildman–Crippen MR) is 142 cm³/mol. The molecule has 0 bridgehead atoms. The molecule has 3 heterocycles. The molecule has 186 valence electrons. The van der Waals surface area contributed by atoms with Gasteiger partial charge in [0.2, 0.25) is 5.95 Å². The summed E-state index contributed by atoms with van der Waals surface area (Å²) in [5.74, 6) is 2.30. The van der Waals surface area contributed by atoms with E-state index in [1.54, 1.807) is 4.68 Å². The predicted octanol–water partition coefficient (Wildman–Crippen LogP) is 5.34. The number of nitrogens with one attached hydrogen (secondary N) is 2. The number of allylic oxidation sites excluding steroid dienone is 1. The van der Waals surface area contributed by atoms with E-state index in [1.807, 2.05) is 86.6 Å². The summed E-state index contributed by atoms with van der Waals surface area (Å²) in [5, 5.41) is 11.3. The van der Waals surface area contributed by atoms with Crippen molar-refractivity contribution in [3.05, 3.63) is 95.2 Å². The molecule has 0 aliphatic carbocycles. The fourth-order valence-corrected chi connectivity index (χ4v) is 4.72. The van der Waals surface area contributed by atoms with E-state index in [9.17, 15) is 4.79 Å². The molecule has 37 heavy (non-hydrogen) atoms. The highest BCUT2D eigenvalue weighted by molar-refractivity contribution is 6.06. The molecule has 8 nitrogen and oxygen atoms in total. The number of amides is 1. The molecule has 2 aliphatic heterocycles. The van der Waals surface area contributed by atoms with E-state index in [0.29, 0.717) is 47.8 Å². The SMILES string of the molecule is CC1=C(C(=O)Nc2ccccc2C)C(c2ccc3c(c2)OCCCO3)n2nc(-c3ccccc3)nc2N1. The molecule has 6 rings (SSSR count). The second-order valence-corrected chi connectivity index (χ2v) is 9.16. The van der Waals surface area contributed by atoms with Gasteiger partial charge in [-0.05, 0) is 43.2 Å². The number of hydrogen-bond donors (Lipinski definition) is 2. The number of rotatable bonds is 4. The fraction of sp³-hybridized carbons (Fsp3) is 0.207. The summed E-state index contributed by atoms with van der Waals surface area (Å²) in [6, 6.07) is 22.8. The number of nitrogens with zero attached hydrogens (tertiary/aromatic N) is 3. The van der Waals surface area contributed by atoms with E-state index in [2.05, 4.69) is 10.6 Å². The van der Waals surface area contributed by atoms with Crippen LogP contribution in [0.4, 0.5) is 11.6 Å².